The van der Waals surface area contributed by atoms with Crippen LogP contribution in [0.25, 0.3) is 0 Å². The van der Waals surface area contributed by atoms with Gasteiger partial charge in [-0.2, -0.15) is 5.26 Å². The van der Waals surface area contributed by atoms with E-state index in [2.05, 4.69) is 0 Å². The SMILES string of the molecule is CCCCCS(=O)(=O)CC(Cl)C#N. The molecular weight excluding hydrogens is 210 g/mol. The fraction of sp³-hybridized carbons (Fsp3) is 0.875. The lowest BCUT2D eigenvalue weighted by molar-refractivity contribution is 0.591. The molecule has 0 aromatic heterocycles. The monoisotopic (exact) mass is 223 g/mol. The molecule has 13 heavy (non-hydrogen) atoms. The molecule has 0 aromatic rings. The molecule has 76 valence electrons. The summed E-state index contributed by atoms with van der Waals surface area (Å²) in [6.07, 6.45) is 2.55. The standard InChI is InChI=1S/C8H14ClNO2S/c1-2-3-4-5-13(11,12)7-8(9)6-10/h8H,2-5,7H2,1H3. The van der Waals surface area contributed by atoms with E-state index >= 15 is 0 Å². The first-order valence-electron chi connectivity index (χ1n) is 4.26. The van der Waals surface area contributed by atoms with Crippen molar-refractivity contribution in [1.29, 1.82) is 5.26 Å². The van der Waals surface area contributed by atoms with Crippen LogP contribution in [0.1, 0.15) is 26.2 Å². The lowest BCUT2D eigenvalue weighted by atomic mass is 10.3. The molecule has 0 bridgehead atoms. The van der Waals surface area contributed by atoms with Crippen molar-refractivity contribution in [2.24, 2.45) is 0 Å². The zero-order chi connectivity index (χ0) is 10.3. The van der Waals surface area contributed by atoms with E-state index in [1.165, 1.54) is 0 Å². The number of rotatable bonds is 6. The Morgan fingerprint density at radius 2 is 2.08 bits per heavy atom. The van der Waals surface area contributed by atoms with Crippen LogP contribution in [-0.4, -0.2) is 25.3 Å². The molecule has 0 fully saturated rings. The van der Waals surface area contributed by atoms with Crippen molar-refractivity contribution in [3.05, 3.63) is 0 Å². The van der Waals surface area contributed by atoms with Crippen molar-refractivity contribution in [1.82, 2.24) is 0 Å². The Labute approximate surface area is 84.6 Å². The summed E-state index contributed by atoms with van der Waals surface area (Å²) in [5, 5.41) is 7.41. The van der Waals surface area contributed by atoms with Crippen LogP contribution in [0, 0.1) is 11.3 Å². The van der Waals surface area contributed by atoms with Crippen LogP contribution in [0.5, 0.6) is 0 Å². The molecule has 0 heterocycles. The highest BCUT2D eigenvalue weighted by atomic mass is 35.5. The third-order valence-corrected chi connectivity index (χ3v) is 3.79. The zero-order valence-electron chi connectivity index (χ0n) is 7.66. The molecule has 0 N–H and O–H groups in total. The van der Waals surface area contributed by atoms with Gasteiger partial charge in [-0.15, -0.1) is 11.6 Å². The van der Waals surface area contributed by atoms with Gasteiger partial charge >= 0.3 is 0 Å². The Balaban J connectivity index is 3.89. The van der Waals surface area contributed by atoms with Gasteiger partial charge in [-0.3, -0.25) is 0 Å². The number of halogens is 1. The smallest absolute Gasteiger partial charge is 0.152 e. The number of nitrogens with zero attached hydrogens (tertiary/aromatic N) is 1. The van der Waals surface area contributed by atoms with Crippen LogP contribution in [0.4, 0.5) is 0 Å². The number of unbranched alkanes of at least 4 members (excludes halogenated alkanes) is 2. The fourth-order valence-electron chi connectivity index (χ4n) is 0.916. The Bertz CT molecular complexity index is 268. The van der Waals surface area contributed by atoms with Gasteiger partial charge in [-0.25, -0.2) is 8.42 Å². The van der Waals surface area contributed by atoms with E-state index in [1.807, 2.05) is 6.92 Å². The summed E-state index contributed by atoms with van der Waals surface area (Å²) >= 11 is 5.42. The van der Waals surface area contributed by atoms with E-state index in [9.17, 15) is 8.42 Å². The number of alkyl halides is 1. The van der Waals surface area contributed by atoms with Crippen molar-refractivity contribution < 1.29 is 8.42 Å². The minimum Gasteiger partial charge on any atom is -0.229 e. The van der Waals surface area contributed by atoms with Gasteiger partial charge in [0.05, 0.1) is 17.6 Å². The summed E-state index contributed by atoms with van der Waals surface area (Å²) in [6, 6.07) is 1.70. The summed E-state index contributed by atoms with van der Waals surface area (Å²) in [5.41, 5.74) is 0. The van der Waals surface area contributed by atoms with E-state index in [4.69, 9.17) is 16.9 Å². The van der Waals surface area contributed by atoms with Gasteiger partial charge in [-0.05, 0) is 6.42 Å². The Morgan fingerprint density at radius 3 is 2.54 bits per heavy atom. The molecule has 5 heteroatoms. The lowest BCUT2D eigenvalue weighted by Gasteiger charge is -2.03. The first kappa shape index (κ1) is 12.7. The molecule has 0 saturated carbocycles. The maximum absolute atomic E-state index is 11.2. The van der Waals surface area contributed by atoms with Crippen molar-refractivity contribution in [2.75, 3.05) is 11.5 Å². The molecule has 0 amide bonds. The molecule has 0 spiro atoms. The summed E-state index contributed by atoms with van der Waals surface area (Å²) < 4.78 is 22.5. The second-order valence-corrected chi connectivity index (χ2v) is 5.67. The van der Waals surface area contributed by atoms with Gasteiger partial charge in [0.15, 0.2) is 9.84 Å². The first-order chi connectivity index (χ1) is 6.02. The maximum atomic E-state index is 11.2. The number of sulfone groups is 1. The van der Waals surface area contributed by atoms with Gasteiger partial charge in [0.1, 0.15) is 5.38 Å². The first-order valence-corrected chi connectivity index (χ1v) is 6.51. The minimum atomic E-state index is -3.12. The Hall–Kier alpha value is -0.270. The molecule has 1 atom stereocenters. The van der Waals surface area contributed by atoms with Crippen LogP contribution in [-0.2, 0) is 9.84 Å². The van der Waals surface area contributed by atoms with E-state index in [0.717, 1.165) is 12.8 Å². The molecule has 0 aliphatic rings. The van der Waals surface area contributed by atoms with Crippen LogP contribution in [0.15, 0.2) is 0 Å². The predicted octanol–water partition coefficient (Wildman–Crippen LogP) is 1.72. The zero-order valence-corrected chi connectivity index (χ0v) is 9.24. The Morgan fingerprint density at radius 1 is 1.46 bits per heavy atom. The second-order valence-electron chi connectivity index (χ2n) is 2.92. The van der Waals surface area contributed by atoms with E-state index in [-0.39, 0.29) is 11.5 Å². The summed E-state index contributed by atoms with van der Waals surface area (Å²) in [6.45, 7) is 2.01. The fourth-order valence-corrected chi connectivity index (χ4v) is 2.82. The van der Waals surface area contributed by atoms with E-state index in [0.29, 0.717) is 6.42 Å². The minimum absolute atomic E-state index is 0.145. The Kier molecular flexibility index (Phi) is 6.10. The van der Waals surface area contributed by atoms with Gasteiger partial charge in [0.25, 0.3) is 0 Å². The quantitative estimate of drug-likeness (QED) is 0.509. The number of hydrogen-bond donors (Lipinski definition) is 0. The van der Waals surface area contributed by atoms with Crippen molar-refractivity contribution >= 4 is 21.4 Å². The van der Waals surface area contributed by atoms with Gasteiger partial charge < -0.3 is 0 Å². The number of hydrogen-bond acceptors (Lipinski definition) is 3. The lowest BCUT2D eigenvalue weighted by Crippen LogP contribution is -2.18. The highest BCUT2D eigenvalue weighted by Crippen LogP contribution is 2.04. The third kappa shape index (κ3) is 6.85. The average Bonchev–Trinajstić information content (AvgIpc) is 2.03. The van der Waals surface area contributed by atoms with Crippen molar-refractivity contribution in [3.8, 4) is 6.07 Å². The van der Waals surface area contributed by atoms with Crippen molar-refractivity contribution in [3.63, 3.8) is 0 Å². The molecular formula is C8H14ClNO2S. The van der Waals surface area contributed by atoms with E-state index < -0.39 is 15.2 Å². The normalized spacial score (nSPS) is 13.6. The topological polar surface area (TPSA) is 57.9 Å². The predicted molar refractivity (Wildman–Crippen MR) is 53.4 cm³/mol. The van der Waals surface area contributed by atoms with Gasteiger partial charge in [-0.1, -0.05) is 19.8 Å². The highest BCUT2D eigenvalue weighted by molar-refractivity contribution is 7.91. The van der Waals surface area contributed by atoms with Crippen LogP contribution < -0.4 is 0 Å². The molecule has 3 nitrogen and oxygen atoms in total. The molecule has 0 aliphatic heterocycles. The average molecular weight is 224 g/mol. The molecule has 0 aromatic carbocycles. The summed E-state index contributed by atoms with van der Waals surface area (Å²) in [7, 11) is -3.12. The summed E-state index contributed by atoms with van der Waals surface area (Å²) in [5.74, 6) is -0.0828. The molecule has 0 radical (unpaired) electrons. The molecule has 0 rings (SSSR count). The van der Waals surface area contributed by atoms with E-state index in [1.54, 1.807) is 6.07 Å². The largest absolute Gasteiger partial charge is 0.229 e. The second kappa shape index (κ2) is 6.22. The van der Waals surface area contributed by atoms with Crippen LogP contribution in [0.2, 0.25) is 0 Å². The van der Waals surface area contributed by atoms with Crippen LogP contribution in [0.3, 0.4) is 0 Å². The maximum Gasteiger partial charge on any atom is 0.152 e. The summed E-state index contributed by atoms with van der Waals surface area (Å²) in [4.78, 5) is 0. The molecule has 0 saturated heterocycles. The van der Waals surface area contributed by atoms with Gasteiger partial charge in [0, 0.05) is 0 Å². The number of nitriles is 1. The van der Waals surface area contributed by atoms with Gasteiger partial charge in [0.2, 0.25) is 0 Å². The third-order valence-electron chi connectivity index (χ3n) is 1.60. The highest BCUT2D eigenvalue weighted by Gasteiger charge is 2.16. The van der Waals surface area contributed by atoms with Crippen molar-refractivity contribution in [2.45, 2.75) is 31.6 Å². The molecule has 0 aliphatic carbocycles. The molecule has 1 unspecified atom stereocenters. The van der Waals surface area contributed by atoms with Crippen LogP contribution >= 0.6 is 11.6 Å².